The van der Waals surface area contributed by atoms with E-state index in [9.17, 15) is 9.90 Å². The zero-order valence-corrected chi connectivity index (χ0v) is 14.6. The lowest BCUT2D eigenvalue weighted by Gasteiger charge is -2.36. The lowest BCUT2D eigenvalue weighted by molar-refractivity contribution is 0.194. The van der Waals surface area contributed by atoms with Crippen LogP contribution in [-0.4, -0.2) is 48.8 Å². The van der Waals surface area contributed by atoms with Crippen LogP contribution in [0, 0.1) is 6.92 Å². The highest BCUT2D eigenvalue weighted by atomic mass is 16.3. The molecule has 2 aromatic carbocycles. The molecule has 0 spiro atoms. The number of carbonyl (C=O) groups excluding carboxylic acids is 1. The molecular weight excluding hydrogens is 314 g/mol. The first kappa shape index (κ1) is 17.1. The Bertz CT molecular complexity index is 724. The molecule has 5 nitrogen and oxygen atoms in total. The smallest absolute Gasteiger partial charge is 0.317 e. The van der Waals surface area contributed by atoms with E-state index in [4.69, 9.17) is 0 Å². The molecule has 5 heteroatoms. The van der Waals surface area contributed by atoms with Gasteiger partial charge in [-0.25, -0.2) is 4.79 Å². The Hall–Kier alpha value is -2.69. The topological polar surface area (TPSA) is 55.8 Å². The van der Waals surface area contributed by atoms with Gasteiger partial charge in [-0.3, -0.25) is 0 Å². The number of urea groups is 1. The Morgan fingerprint density at radius 1 is 1.04 bits per heavy atom. The fourth-order valence-electron chi connectivity index (χ4n) is 3.19. The lowest BCUT2D eigenvalue weighted by atomic mass is 10.1. The van der Waals surface area contributed by atoms with Crippen molar-refractivity contribution in [1.82, 2.24) is 10.2 Å². The van der Waals surface area contributed by atoms with Gasteiger partial charge >= 0.3 is 6.03 Å². The Morgan fingerprint density at radius 3 is 2.44 bits per heavy atom. The van der Waals surface area contributed by atoms with Crippen molar-refractivity contribution < 1.29 is 9.90 Å². The molecule has 2 aromatic rings. The summed E-state index contributed by atoms with van der Waals surface area (Å²) >= 11 is 0. The van der Waals surface area contributed by atoms with E-state index in [1.54, 1.807) is 6.07 Å². The minimum Gasteiger partial charge on any atom is -0.506 e. The van der Waals surface area contributed by atoms with Gasteiger partial charge < -0.3 is 20.2 Å². The van der Waals surface area contributed by atoms with Crippen molar-refractivity contribution >= 4 is 11.7 Å². The highest BCUT2D eigenvalue weighted by Crippen LogP contribution is 2.27. The molecule has 2 amide bonds. The maximum Gasteiger partial charge on any atom is 0.317 e. The summed E-state index contributed by atoms with van der Waals surface area (Å²) in [5, 5.41) is 13.0. The van der Waals surface area contributed by atoms with Crippen molar-refractivity contribution in [2.75, 3.05) is 37.6 Å². The first-order chi connectivity index (χ1) is 12.1. The number of aromatic hydroxyl groups is 1. The predicted octanol–water partition coefficient (Wildman–Crippen LogP) is 2.77. The summed E-state index contributed by atoms with van der Waals surface area (Å²) in [6.07, 6.45) is 0.844. The standard InChI is InChI=1S/C20H25N3O2/c1-16-6-2-3-7-17(16)10-11-21-20(25)23-14-12-22(13-15-23)18-8-4-5-9-19(18)24/h2-9,24H,10-15H2,1H3,(H,21,25). The summed E-state index contributed by atoms with van der Waals surface area (Å²) < 4.78 is 0. The van der Waals surface area contributed by atoms with Crippen LogP contribution in [0.2, 0.25) is 0 Å². The number of nitrogens with one attached hydrogen (secondary N) is 1. The van der Waals surface area contributed by atoms with Gasteiger partial charge in [0.15, 0.2) is 0 Å². The SMILES string of the molecule is Cc1ccccc1CCNC(=O)N1CCN(c2ccccc2O)CC1. The van der Waals surface area contributed by atoms with Crippen molar-refractivity contribution in [3.63, 3.8) is 0 Å². The van der Waals surface area contributed by atoms with E-state index in [2.05, 4.69) is 29.3 Å². The molecule has 0 atom stereocenters. The van der Waals surface area contributed by atoms with Crippen LogP contribution in [0.25, 0.3) is 0 Å². The molecule has 0 saturated carbocycles. The van der Waals surface area contributed by atoms with Gasteiger partial charge in [0.05, 0.1) is 5.69 Å². The third-order valence-electron chi connectivity index (χ3n) is 4.72. The molecule has 2 N–H and O–H groups in total. The van der Waals surface area contributed by atoms with E-state index >= 15 is 0 Å². The number of nitrogens with zero attached hydrogens (tertiary/aromatic N) is 2. The predicted molar refractivity (Wildman–Crippen MR) is 100 cm³/mol. The van der Waals surface area contributed by atoms with Gasteiger partial charge in [-0.15, -0.1) is 0 Å². The second-order valence-corrected chi connectivity index (χ2v) is 6.37. The van der Waals surface area contributed by atoms with E-state index in [-0.39, 0.29) is 6.03 Å². The van der Waals surface area contributed by atoms with Crippen molar-refractivity contribution in [1.29, 1.82) is 0 Å². The molecule has 1 heterocycles. The van der Waals surface area contributed by atoms with Gasteiger partial charge in [-0.05, 0) is 36.6 Å². The zero-order valence-electron chi connectivity index (χ0n) is 14.6. The van der Waals surface area contributed by atoms with Crippen LogP contribution >= 0.6 is 0 Å². The molecule has 1 saturated heterocycles. The monoisotopic (exact) mass is 339 g/mol. The van der Waals surface area contributed by atoms with E-state index < -0.39 is 0 Å². The van der Waals surface area contributed by atoms with Gasteiger partial charge in [0.25, 0.3) is 0 Å². The van der Waals surface area contributed by atoms with E-state index in [1.165, 1.54) is 11.1 Å². The number of phenolic OH excluding ortho intramolecular Hbond substituents is 1. The number of carbonyl (C=O) groups is 1. The van der Waals surface area contributed by atoms with Crippen LogP contribution in [0.5, 0.6) is 5.75 Å². The molecule has 25 heavy (non-hydrogen) atoms. The van der Waals surface area contributed by atoms with Crippen LogP contribution < -0.4 is 10.2 Å². The number of aryl methyl sites for hydroxylation is 1. The van der Waals surface area contributed by atoms with E-state index in [0.717, 1.165) is 25.2 Å². The molecule has 0 aromatic heterocycles. The number of rotatable bonds is 4. The lowest BCUT2D eigenvalue weighted by Crippen LogP contribution is -2.52. The molecule has 132 valence electrons. The highest BCUT2D eigenvalue weighted by molar-refractivity contribution is 5.74. The molecule has 1 aliphatic heterocycles. The molecule has 0 bridgehead atoms. The third kappa shape index (κ3) is 4.24. The fourth-order valence-corrected chi connectivity index (χ4v) is 3.19. The minimum absolute atomic E-state index is 0.00878. The van der Waals surface area contributed by atoms with Crippen molar-refractivity contribution in [3.8, 4) is 5.75 Å². The molecular formula is C20H25N3O2. The Labute approximate surface area is 148 Å². The number of para-hydroxylation sites is 2. The molecule has 1 aliphatic rings. The van der Waals surface area contributed by atoms with Gasteiger partial charge in [-0.1, -0.05) is 36.4 Å². The maximum absolute atomic E-state index is 12.3. The average Bonchev–Trinajstić information content (AvgIpc) is 2.64. The van der Waals surface area contributed by atoms with Crippen molar-refractivity contribution in [2.45, 2.75) is 13.3 Å². The van der Waals surface area contributed by atoms with Gasteiger partial charge in [0, 0.05) is 32.7 Å². The van der Waals surface area contributed by atoms with Crippen molar-refractivity contribution in [2.24, 2.45) is 0 Å². The average molecular weight is 339 g/mol. The van der Waals surface area contributed by atoms with E-state index in [1.807, 2.05) is 35.2 Å². The van der Waals surface area contributed by atoms with Crippen LogP contribution in [0.4, 0.5) is 10.5 Å². The molecule has 0 radical (unpaired) electrons. The number of piperazine rings is 1. The first-order valence-electron chi connectivity index (χ1n) is 8.75. The molecule has 3 rings (SSSR count). The second kappa shape index (κ2) is 7.92. The second-order valence-electron chi connectivity index (χ2n) is 6.37. The number of anilines is 1. The van der Waals surface area contributed by atoms with Gasteiger partial charge in [0.2, 0.25) is 0 Å². The van der Waals surface area contributed by atoms with Gasteiger partial charge in [0.1, 0.15) is 5.75 Å². The van der Waals surface area contributed by atoms with Gasteiger partial charge in [-0.2, -0.15) is 0 Å². The van der Waals surface area contributed by atoms with E-state index in [0.29, 0.717) is 25.4 Å². The third-order valence-corrected chi connectivity index (χ3v) is 4.72. The van der Waals surface area contributed by atoms with Crippen molar-refractivity contribution in [3.05, 3.63) is 59.7 Å². The highest BCUT2D eigenvalue weighted by Gasteiger charge is 2.22. The summed E-state index contributed by atoms with van der Waals surface area (Å²) in [7, 11) is 0. The molecule has 0 aliphatic carbocycles. The number of hydrogen-bond donors (Lipinski definition) is 2. The number of hydrogen-bond acceptors (Lipinski definition) is 3. The summed E-state index contributed by atoms with van der Waals surface area (Å²) in [6.45, 7) is 5.50. The summed E-state index contributed by atoms with van der Waals surface area (Å²) in [5.41, 5.74) is 3.36. The fraction of sp³-hybridized carbons (Fsp3) is 0.350. The number of benzene rings is 2. The minimum atomic E-state index is -0.00878. The summed E-state index contributed by atoms with van der Waals surface area (Å²) in [6, 6.07) is 15.6. The Kier molecular flexibility index (Phi) is 5.43. The van der Waals surface area contributed by atoms with Crippen LogP contribution in [0.3, 0.4) is 0 Å². The normalized spacial score (nSPS) is 14.4. The Morgan fingerprint density at radius 2 is 1.72 bits per heavy atom. The maximum atomic E-state index is 12.3. The summed E-state index contributed by atoms with van der Waals surface area (Å²) in [5.74, 6) is 0.290. The molecule has 1 fully saturated rings. The van der Waals surface area contributed by atoms with Crippen LogP contribution in [-0.2, 0) is 6.42 Å². The zero-order chi connectivity index (χ0) is 17.6. The van der Waals surface area contributed by atoms with Crippen LogP contribution in [0.15, 0.2) is 48.5 Å². The quantitative estimate of drug-likeness (QED) is 0.901. The molecule has 0 unspecified atom stereocenters. The first-order valence-corrected chi connectivity index (χ1v) is 8.75. The number of phenols is 1. The number of amides is 2. The largest absolute Gasteiger partial charge is 0.506 e. The Balaban J connectivity index is 1.46. The van der Waals surface area contributed by atoms with Crippen LogP contribution in [0.1, 0.15) is 11.1 Å². The summed E-state index contributed by atoms with van der Waals surface area (Å²) in [4.78, 5) is 16.3.